The average Bonchev–Trinajstić information content (AvgIpc) is 2.42. The van der Waals surface area contributed by atoms with Gasteiger partial charge in [-0.25, -0.2) is 4.72 Å². The third-order valence-corrected chi connectivity index (χ3v) is 2.76. The van der Waals surface area contributed by atoms with Gasteiger partial charge in [0.15, 0.2) is 0 Å². The van der Waals surface area contributed by atoms with Gasteiger partial charge in [-0.1, -0.05) is 11.6 Å². The molecule has 0 fully saturated rings. The van der Waals surface area contributed by atoms with Gasteiger partial charge in [0, 0.05) is 10.9 Å². The van der Waals surface area contributed by atoms with Crippen LogP contribution >= 0.6 is 0 Å². The van der Waals surface area contributed by atoms with Crippen molar-refractivity contribution in [1.82, 2.24) is 0 Å². The normalized spacial score (nSPS) is 11.9. The molecule has 2 aromatic rings. The van der Waals surface area contributed by atoms with E-state index in [0.717, 1.165) is 10.9 Å². The monoisotopic (exact) mass is 241 g/mol. The summed E-state index contributed by atoms with van der Waals surface area (Å²) in [6.45, 7) is 3.65. The second-order valence-corrected chi connectivity index (χ2v) is 4.79. The van der Waals surface area contributed by atoms with Crippen molar-refractivity contribution in [2.45, 2.75) is 13.8 Å². The van der Waals surface area contributed by atoms with E-state index in [4.69, 9.17) is 8.97 Å². The van der Waals surface area contributed by atoms with E-state index in [0.29, 0.717) is 11.1 Å². The van der Waals surface area contributed by atoms with E-state index in [1.54, 1.807) is 13.0 Å². The van der Waals surface area contributed by atoms with E-state index < -0.39 is 10.3 Å². The summed E-state index contributed by atoms with van der Waals surface area (Å²) >= 11 is 0. The second-order valence-electron chi connectivity index (χ2n) is 3.63. The van der Waals surface area contributed by atoms with Crippen molar-refractivity contribution in [3.05, 3.63) is 29.3 Å². The van der Waals surface area contributed by atoms with Crippen LogP contribution in [-0.2, 0) is 10.3 Å². The maximum atomic E-state index is 10.7. The zero-order valence-electron chi connectivity index (χ0n) is 8.81. The molecule has 0 radical (unpaired) electrons. The lowest BCUT2D eigenvalue weighted by atomic mass is 10.1. The fourth-order valence-corrected chi connectivity index (χ4v) is 1.98. The van der Waals surface area contributed by atoms with Crippen LogP contribution in [0.2, 0.25) is 0 Å². The van der Waals surface area contributed by atoms with Crippen LogP contribution in [-0.4, -0.2) is 13.0 Å². The zero-order valence-corrected chi connectivity index (χ0v) is 9.63. The lowest BCUT2D eigenvalue weighted by Gasteiger charge is -1.97. The highest BCUT2D eigenvalue weighted by atomic mass is 32.2. The van der Waals surface area contributed by atoms with Crippen molar-refractivity contribution in [3.63, 3.8) is 0 Å². The van der Waals surface area contributed by atoms with Crippen LogP contribution in [0.5, 0.6) is 0 Å². The van der Waals surface area contributed by atoms with Crippen LogP contribution < -0.4 is 4.72 Å². The van der Waals surface area contributed by atoms with Gasteiger partial charge in [0.05, 0.1) is 0 Å². The molecule has 0 spiro atoms. The van der Waals surface area contributed by atoms with E-state index in [1.807, 2.05) is 23.8 Å². The number of hydrogen-bond donors (Lipinski definition) is 2. The SMILES string of the molecule is Cc1ccc2oc(NS(=O)(=O)O)c(C)c2c1. The lowest BCUT2D eigenvalue weighted by molar-refractivity contribution is 0.487. The predicted octanol–water partition coefficient (Wildman–Crippen LogP) is 2.26. The number of hydrogen-bond acceptors (Lipinski definition) is 3. The quantitative estimate of drug-likeness (QED) is 0.790. The van der Waals surface area contributed by atoms with Crippen molar-refractivity contribution in [2.75, 3.05) is 4.72 Å². The number of fused-ring (bicyclic) bond motifs is 1. The summed E-state index contributed by atoms with van der Waals surface area (Å²) in [6.07, 6.45) is 0. The highest BCUT2D eigenvalue weighted by molar-refractivity contribution is 7.87. The summed E-state index contributed by atoms with van der Waals surface area (Å²) < 4.78 is 37.2. The standard InChI is InChI=1S/C10H11NO4S/c1-6-3-4-9-8(5-6)7(2)10(15-9)11-16(12,13)14/h3-5,11H,1-2H3,(H,12,13,14). The molecule has 1 aromatic heterocycles. The summed E-state index contributed by atoms with van der Waals surface area (Å²) in [5.41, 5.74) is 2.28. The van der Waals surface area contributed by atoms with Crippen LogP contribution in [0.4, 0.5) is 5.88 Å². The summed E-state index contributed by atoms with van der Waals surface area (Å²) in [6, 6.07) is 5.51. The number of nitrogens with one attached hydrogen (secondary N) is 1. The van der Waals surface area contributed by atoms with Gasteiger partial charge in [0.2, 0.25) is 5.88 Å². The first-order chi connectivity index (χ1) is 7.37. The van der Waals surface area contributed by atoms with E-state index in [1.165, 1.54) is 0 Å². The van der Waals surface area contributed by atoms with Crippen LogP contribution in [0.25, 0.3) is 11.0 Å². The zero-order chi connectivity index (χ0) is 11.9. The first-order valence-electron chi connectivity index (χ1n) is 4.62. The van der Waals surface area contributed by atoms with Crippen molar-refractivity contribution in [3.8, 4) is 0 Å². The van der Waals surface area contributed by atoms with Crippen LogP contribution in [0, 0.1) is 13.8 Å². The molecule has 0 aliphatic rings. The van der Waals surface area contributed by atoms with E-state index >= 15 is 0 Å². The maximum absolute atomic E-state index is 10.7. The molecule has 0 saturated carbocycles. The predicted molar refractivity (Wildman–Crippen MR) is 60.9 cm³/mol. The molecule has 0 saturated heterocycles. The fraction of sp³-hybridized carbons (Fsp3) is 0.200. The topological polar surface area (TPSA) is 79.5 Å². The number of furan rings is 1. The van der Waals surface area contributed by atoms with Crippen molar-refractivity contribution in [1.29, 1.82) is 0 Å². The van der Waals surface area contributed by atoms with Crippen LogP contribution in [0.15, 0.2) is 22.6 Å². The molecule has 6 heteroatoms. The number of rotatable bonds is 2. The molecule has 0 aliphatic carbocycles. The summed E-state index contributed by atoms with van der Waals surface area (Å²) in [5.74, 6) is 0.0445. The molecule has 1 heterocycles. The Morgan fingerprint density at radius 3 is 2.62 bits per heavy atom. The molecule has 0 atom stereocenters. The van der Waals surface area contributed by atoms with Crippen LogP contribution in [0.3, 0.4) is 0 Å². The molecule has 2 N–H and O–H groups in total. The molecule has 0 unspecified atom stereocenters. The Morgan fingerprint density at radius 1 is 1.31 bits per heavy atom. The molecule has 0 bridgehead atoms. The summed E-state index contributed by atoms with van der Waals surface area (Å²) in [5, 5.41) is 0.825. The minimum Gasteiger partial charge on any atom is -0.439 e. The van der Waals surface area contributed by atoms with Gasteiger partial charge >= 0.3 is 10.3 Å². The Bertz CT molecular complexity index is 642. The molecular weight excluding hydrogens is 230 g/mol. The molecule has 86 valence electrons. The average molecular weight is 241 g/mol. The smallest absolute Gasteiger partial charge is 0.359 e. The summed E-state index contributed by atoms with van der Waals surface area (Å²) in [7, 11) is -4.30. The van der Waals surface area contributed by atoms with Gasteiger partial charge in [-0.2, -0.15) is 8.42 Å². The first kappa shape index (κ1) is 11.0. The molecule has 2 rings (SSSR count). The minimum absolute atomic E-state index is 0.0445. The number of aryl methyl sites for hydroxylation is 2. The molecule has 1 aromatic carbocycles. The first-order valence-corrected chi connectivity index (χ1v) is 6.06. The molecule has 16 heavy (non-hydrogen) atoms. The Balaban J connectivity index is 2.61. The van der Waals surface area contributed by atoms with Gasteiger partial charge in [-0.3, -0.25) is 4.55 Å². The van der Waals surface area contributed by atoms with Gasteiger partial charge in [-0.15, -0.1) is 0 Å². The third-order valence-electron chi connectivity index (χ3n) is 2.31. The van der Waals surface area contributed by atoms with Gasteiger partial charge in [0.25, 0.3) is 0 Å². The highest BCUT2D eigenvalue weighted by Gasteiger charge is 2.14. The van der Waals surface area contributed by atoms with E-state index in [2.05, 4.69) is 0 Å². The molecule has 0 amide bonds. The van der Waals surface area contributed by atoms with Crippen molar-refractivity contribution in [2.24, 2.45) is 0 Å². The molecule has 5 nitrogen and oxygen atoms in total. The van der Waals surface area contributed by atoms with Crippen LogP contribution in [0.1, 0.15) is 11.1 Å². The van der Waals surface area contributed by atoms with E-state index in [9.17, 15) is 8.42 Å². The van der Waals surface area contributed by atoms with Gasteiger partial charge < -0.3 is 4.42 Å². The minimum atomic E-state index is -4.30. The number of anilines is 1. The molecular formula is C10H11NO4S. The van der Waals surface area contributed by atoms with Crippen molar-refractivity contribution < 1.29 is 17.4 Å². The highest BCUT2D eigenvalue weighted by Crippen LogP contribution is 2.30. The Kier molecular flexibility index (Phi) is 2.40. The Labute approximate surface area is 93.0 Å². The fourth-order valence-electron chi connectivity index (χ4n) is 1.55. The largest absolute Gasteiger partial charge is 0.439 e. The van der Waals surface area contributed by atoms with E-state index in [-0.39, 0.29) is 5.88 Å². The van der Waals surface area contributed by atoms with Crippen molar-refractivity contribution >= 4 is 27.2 Å². The number of benzene rings is 1. The third kappa shape index (κ3) is 2.02. The van der Waals surface area contributed by atoms with Gasteiger partial charge in [-0.05, 0) is 26.0 Å². The Morgan fingerprint density at radius 2 is 2.00 bits per heavy atom. The summed E-state index contributed by atoms with van der Waals surface area (Å²) in [4.78, 5) is 0. The lowest BCUT2D eigenvalue weighted by Crippen LogP contribution is -2.10. The molecule has 0 aliphatic heterocycles. The van der Waals surface area contributed by atoms with Gasteiger partial charge in [0.1, 0.15) is 5.58 Å². The second kappa shape index (κ2) is 3.50. The maximum Gasteiger partial charge on any atom is 0.359 e. The Hall–Kier alpha value is -1.53.